The number of hydrogen-bond donors (Lipinski definition) is 1. The summed E-state index contributed by atoms with van der Waals surface area (Å²) in [5.74, 6) is 0.189. The summed E-state index contributed by atoms with van der Waals surface area (Å²) in [6.45, 7) is 4.54. The molecule has 0 saturated carbocycles. The predicted octanol–water partition coefficient (Wildman–Crippen LogP) is 2.62. The molecule has 6 heteroatoms. The van der Waals surface area contributed by atoms with Crippen molar-refractivity contribution >= 4 is 22.4 Å². The highest BCUT2D eigenvalue weighted by atomic mass is 16.5. The minimum absolute atomic E-state index is 0.00316. The van der Waals surface area contributed by atoms with Crippen molar-refractivity contribution in [2.45, 2.75) is 25.4 Å². The van der Waals surface area contributed by atoms with E-state index >= 15 is 0 Å². The molecule has 4 aliphatic rings. The molecule has 0 unspecified atom stereocenters. The largest absolute Gasteiger partial charge is 0.456 e. The van der Waals surface area contributed by atoms with E-state index in [2.05, 4.69) is 33.3 Å². The standard InChI is InChI=1S/C20H23N3O3/c24-20(26-18-12-23-7-3-14(18)4-8-23)19-16-2-1-15(11-17(16)21-22-19)13-5-9-25-10-6-13/h1-2,5,11,14,18H,3-4,6-10,12H2,(H,21,22)/t18-/m1/s1. The van der Waals surface area contributed by atoms with Gasteiger partial charge in [0.25, 0.3) is 0 Å². The van der Waals surface area contributed by atoms with Crippen LogP contribution in [-0.4, -0.2) is 60.0 Å². The Labute approximate surface area is 152 Å². The zero-order valence-corrected chi connectivity index (χ0v) is 14.7. The second-order valence-corrected chi connectivity index (χ2v) is 7.47. The smallest absolute Gasteiger partial charge is 0.359 e. The predicted molar refractivity (Wildman–Crippen MR) is 97.9 cm³/mol. The molecular weight excluding hydrogens is 330 g/mol. The number of benzene rings is 1. The summed E-state index contributed by atoms with van der Waals surface area (Å²) in [5, 5.41) is 8.08. The minimum Gasteiger partial charge on any atom is -0.456 e. The number of aromatic nitrogens is 2. The molecule has 2 bridgehead atoms. The number of nitrogens with zero attached hydrogens (tertiary/aromatic N) is 2. The van der Waals surface area contributed by atoms with Gasteiger partial charge in [-0.15, -0.1) is 0 Å². The lowest BCUT2D eigenvalue weighted by Crippen LogP contribution is -2.51. The zero-order chi connectivity index (χ0) is 17.5. The molecule has 4 aliphatic heterocycles. The molecule has 0 amide bonds. The SMILES string of the molecule is O=C(O[C@@H]1CN2CCC1CC2)c1n[nH]c2cc(C3=CCOCC3)ccc12. The lowest BCUT2D eigenvalue weighted by Gasteiger charge is -2.43. The Bertz CT molecular complexity index is 864. The van der Waals surface area contributed by atoms with E-state index < -0.39 is 0 Å². The van der Waals surface area contributed by atoms with Crippen LogP contribution in [0.2, 0.25) is 0 Å². The van der Waals surface area contributed by atoms with E-state index in [-0.39, 0.29) is 12.1 Å². The number of ether oxygens (including phenoxy) is 2. The Morgan fingerprint density at radius 3 is 2.92 bits per heavy atom. The van der Waals surface area contributed by atoms with Gasteiger partial charge in [0.1, 0.15) is 6.10 Å². The molecule has 3 fully saturated rings. The van der Waals surface area contributed by atoms with Crippen molar-refractivity contribution in [1.82, 2.24) is 15.1 Å². The number of carbonyl (C=O) groups is 1. The number of carbonyl (C=O) groups excluding carboxylic acids is 1. The summed E-state index contributed by atoms with van der Waals surface area (Å²) < 4.78 is 11.2. The van der Waals surface area contributed by atoms with E-state index in [0.29, 0.717) is 18.2 Å². The lowest BCUT2D eigenvalue weighted by atomic mass is 9.86. The highest BCUT2D eigenvalue weighted by Crippen LogP contribution is 2.31. The molecule has 0 radical (unpaired) electrons. The van der Waals surface area contributed by atoms with Crippen molar-refractivity contribution in [2.75, 3.05) is 32.8 Å². The number of piperidine rings is 3. The van der Waals surface area contributed by atoms with Crippen LogP contribution >= 0.6 is 0 Å². The molecule has 5 heterocycles. The zero-order valence-electron chi connectivity index (χ0n) is 14.7. The van der Waals surface area contributed by atoms with Gasteiger partial charge in [0.15, 0.2) is 5.69 Å². The maximum absolute atomic E-state index is 12.7. The Hall–Kier alpha value is -2.18. The van der Waals surface area contributed by atoms with Crippen LogP contribution in [-0.2, 0) is 9.47 Å². The molecule has 0 spiro atoms. The maximum atomic E-state index is 12.7. The highest BCUT2D eigenvalue weighted by Gasteiger charge is 2.37. The van der Waals surface area contributed by atoms with Gasteiger partial charge in [0.2, 0.25) is 0 Å². The summed E-state index contributed by atoms with van der Waals surface area (Å²) >= 11 is 0. The third-order valence-corrected chi connectivity index (χ3v) is 5.94. The lowest BCUT2D eigenvalue weighted by molar-refractivity contribution is -0.0458. The quantitative estimate of drug-likeness (QED) is 0.859. The van der Waals surface area contributed by atoms with Crippen LogP contribution in [0.3, 0.4) is 0 Å². The first kappa shape index (κ1) is 16.0. The van der Waals surface area contributed by atoms with Crippen molar-refractivity contribution in [3.05, 3.63) is 35.5 Å². The van der Waals surface area contributed by atoms with E-state index in [1.807, 2.05) is 6.07 Å². The fraction of sp³-hybridized carbons (Fsp3) is 0.500. The van der Waals surface area contributed by atoms with Crippen LogP contribution in [0.4, 0.5) is 0 Å². The molecule has 1 aromatic heterocycles. The van der Waals surface area contributed by atoms with Crippen molar-refractivity contribution in [3.63, 3.8) is 0 Å². The number of esters is 1. The van der Waals surface area contributed by atoms with Crippen LogP contribution in [0.5, 0.6) is 0 Å². The Morgan fingerprint density at radius 2 is 2.19 bits per heavy atom. The number of rotatable bonds is 3. The molecular formula is C20H23N3O3. The molecule has 1 N–H and O–H groups in total. The number of nitrogens with one attached hydrogen (secondary N) is 1. The normalized spacial score (nSPS) is 28.2. The number of hydrogen-bond acceptors (Lipinski definition) is 5. The minimum atomic E-state index is -0.312. The first-order valence-corrected chi connectivity index (χ1v) is 9.46. The van der Waals surface area contributed by atoms with Gasteiger partial charge in [-0.25, -0.2) is 4.79 Å². The number of aromatic amines is 1. The van der Waals surface area contributed by atoms with Crippen molar-refractivity contribution in [1.29, 1.82) is 0 Å². The average Bonchev–Trinajstić information content (AvgIpc) is 3.13. The van der Waals surface area contributed by atoms with Gasteiger partial charge in [-0.3, -0.25) is 10.00 Å². The van der Waals surface area contributed by atoms with E-state index in [1.54, 1.807) is 0 Å². The summed E-state index contributed by atoms with van der Waals surface area (Å²) in [4.78, 5) is 15.1. The third-order valence-electron chi connectivity index (χ3n) is 5.94. The van der Waals surface area contributed by atoms with Crippen LogP contribution in [0, 0.1) is 5.92 Å². The van der Waals surface area contributed by atoms with E-state index in [4.69, 9.17) is 9.47 Å². The fourth-order valence-electron chi connectivity index (χ4n) is 4.40. The summed E-state index contributed by atoms with van der Waals surface area (Å²) in [5.41, 5.74) is 3.70. The van der Waals surface area contributed by atoms with Crippen molar-refractivity contribution in [2.24, 2.45) is 5.92 Å². The molecule has 1 atom stereocenters. The highest BCUT2D eigenvalue weighted by molar-refractivity contribution is 6.02. The van der Waals surface area contributed by atoms with E-state index in [1.165, 1.54) is 5.57 Å². The van der Waals surface area contributed by atoms with Crippen molar-refractivity contribution < 1.29 is 14.3 Å². The van der Waals surface area contributed by atoms with Gasteiger partial charge < -0.3 is 9.47 Å². The molecule has 6 nitrogen and oxygen atoms in total. The molecule has 2 aromatic rings. The Morgan fingerprint density at radius 1 is 1.31 bits per heavy atom. The second kappa shape index (κ2) is 6.52. The van der Waals surface area contributed by atoms with Crippen LogP contribution in [0.15, 0.2) is 24.3 Å². The molecule has 6 rings (SSSR count). The fourth-order valence-corrected chi connectivity index (χ4v) is 4.40. The van der Waals surface area contributed by atoms with Gasteiger partial charge in [0.05, 0.1) is 18.7 Å². The van der Waals surface area contributed by atoms with Gasteiger partial charge in [-0.05, 0) is 61.5 Å². The van der Waals surface area contributed by atoms with E-state index in [9.17, 15) is 4.79 Å². The summed E-state index contributed by atoms with van der Waals surface area (Å²) in [7, 11) is 0. The monoisotopic (exact) mass is 353 g/mol. The van der Waals surface area contributed by atoms with Crippen LogP contribution < -0.4 is 0 Å². The van der Waals surface area contributed by atoms with Crippen LogP contribution in [0.25, 0.3) is 16.5 Å². The Balaban J connectivity index is 1.37. The topological polar surface area (TPSA) is 67.5 Å². The maximum Gasteiger partial charge on any atom is 0.359 e. The first-order chi connectivity index (χ1) is 12.8. The van der Waals surface area contributed by atoms with E-state index in [0.717, 1.165) is 62.0 Å². The van der Waals surface area contributed by atoms with Crippen molar-refractivity contribution in [3.8, 4) is 0 Å². The molecule has 136 valence electrons. The summed E-state index contributed by atoms with van der Waals surface area (Å²) in [6, 6.07) is 6.09. The number of fused-ring (bicyclic) bond motifs is 4. The second-order valence-electron chi connectivity index (χ2n) is 7.47. The molecule has 26 heavy (non-hydrogen) atoms. The molecule has 3 saturated heterocycles. The third kappa shape index (κ3) is 2.83. The van der Waals surface area contributed by atoms with Gasteiger partial charge >= 0.3 is 5.97 Å². The number of H-pyrrole nitrogens is 1. The first-order valence-electron chi connectivity index (χ1n) is 9.46. The Kier molecular flexibility index (Phi) is 4.02. The molecule has 0 aliphatic carbocycles. The van der Waals surface area contributed by atoms with Gasteiger partial charge in [-0.2, -0.15) is 5.10 Å². The van der Waals surface area contributed by atoms with Gasteiger partial charge in [0, 0.05) is 11.9 Å². The van der Waals surface area contributed by atoms with Gasteiger partial charge in [-0.1, -0.05) is 12.1 Å². The molecule has 1 aromatic carbocycles. The summed E-state index contributed by atoms with van der Waals surface area (Å²) in [6.07, 6.45) is 5.28. The average molecular weight is 353 g/mol. The van der Waals surface area contributed by atoms with Crippen LogP contribution in [0.1, 0.15) is 35.3 Å².